The summed E-state index contributed by atoms with van der Waals surface area (Å²) in [6, 6.07) is 0. The number of hydrogen-bond donors (Lipinski definition) is 3. The molecule has 0 radical (unpaired) electrons. The maximum absolute atomic E-state index is 12.4. The molecule has 17 heavy (non-hydrogen) atoms. The standard InChI is InChI=1S/C13H26N2O2/c1-3-12(2,8-9-16)15-11(17)13(10-14)6-4-5-7-13/h16H,3-10,14H2,1-2H3,(H,15,17). The predicted molar refractivity (Wildman–Crippen MR) is 68.5 cm³/mol. The number of amides is 1. The minimum absolute atomic E-state index is 0.0790. The summed E-state index contributed by atoms with van der Waals surface area (Å²) < 4.78 is 0. The fourth-order valence-electron chi connectivity index (χ4n) is 2.56. The first-order chi connectivity index (χ1) is 8.02. The van der Waals surface area contributed by atoms with Gasteiger partial charge in [0.05, 0.1) is 5.41 Å². The van der Waals surface area contributed by atoms with Crippen LogP contribution in [0.25, 0.3) is 0 Å². The van der Waals surface area contributed by atoms with Crippen LogP contribution < -0.4 is 11.1 Å². The Kier molecular flexibility index (Phi) is 4.95. The molecule has 1 fully saturated rings. The third kappa shape index (κ3) is 3.19. The van der Waals surface area contributed by atoms with Crippen molar-refractivity contribution in [2.24, 2.45) is 11.1 Å². The average Bonchev–Trinajstić information content (AvgIpc) is 2.79. The number of hydrogen-bond acceptors (Lipinski definition) is 3. The molecule has 4 heteroatoms. The van der Waals surface area contributed by atoms with Gasteiger partial charge in [-0.15, -0.1) is 0 Å². The molecule has 1 aliphatic carbocycles. The molecule has 1 saturated carbocycles. The maximum atomic E-state index is 12.4. The zero-order valence-electron chi connectivity index (χ0n) is 11.1. The van der Waals surface area contributed by atoms with Gasteiger partial charge in [0.2, 0.25) is 5.91 Å². The molecule has 4 N–H and O–H groups in total. The van der Waals surface area contributed by atoms with Gasteiger partial charge in [-0.3, -0.25) is 4.79 Å². The first-order valence-electron chi connectivity index (χ1n) is 6.65. The smallest absolute Gasteiger partial charge is 0.227 e. The van der Waals surface area contributed by atoms with E-state index in [4.69, 9.17) is 10.8 Å². The van der Waals surface area contributed by atoms with Gasteiger partial charge in [0.15, 0.2) is 0 Å². The van der Waals surface area contributed by atoms with E-state index in [0.717, 1.165) is 32.1 Å². The second-order valence-corrected chi connectivity index (χ2v) is 5.53. The number of nitrogens with one attached hydrogen (secondary N) is 1. The lowest BCUT2D eigenvalue weighted by Gasteiger charge is -2.35. The van der Waals surface area contributed by atoms with Gasteiger partial charge in [-0.25, -0.2) is 0 Å². The van der Waals surface area contributed by atoms with Crippen molar-refractivity contribution < 1.29 is 9.90 Å². The molecule has 100 valence electrons. The van der Waals surface area contributed by atoms with Gasteiger partial charge in [0, 0.05) is 18.7 Å². The van der Waals surface area contributed by atoms with E-state index < -0.39 is 0 Å². The Bertz CT molecular complexity index is 262. The zero-order valence-corrected chi connectivity index (χ0v) is 11.1. The molecule has 1 atom stereocenters. The van der Waals surface area contributed by atoms with Crippen LogP contribution in [0.15, 0.2) is 0 Å². The van der Waals surface area contributed by atoms with Crippen LogP contribution in [0.4, 0.5) is 0 Å². The molecular weight excluding hydrogens is 216 g/mol. The summed E-state index contributed by atoms with van der Waals surface area (Å²) in [6.07, 6.45) is 5.39. The highest BCUT2D eigenvalue weighted by Crippen LogP contribution is 2.38. The van der Waals surface area contributed by atoms with Gasteiger partial charge < -0.3 is 16.2 Å². The molecule has 0 bridgehead atoms. The Morgan fingerprint density at radius 1 is 1.47 bits per heavy atom. The van der Waals surface area contributed by atoms with Crippen molar-refractivity contribution in [2.45, 2.75) is 57.9 Å². The molecular formula is C13H26N2O2. The van der Waals surface area contributed by atoms with E-state index in [0.29, 0.717) is 13.0 Å². The normalized spacial score (nSPS) is 22.1. The van der Waals surface area contributed by atoms with E-state index in [2.05, 4.69) is 5.32 Å². The van der Waals surface area contributed by atoms with Gasteiger partial charge in [-0.1, -0.05) is 19.8 Å². The van der Waals surface area contributed by atoms with Gasteiger partial charge in [0.25, 0.3) is 0 Å². The highest BCUT2D eigenvalue weighted by molar-refractivity contribution is 5.83. The van der Waals surface area contributed by atoms with Gasteiger partial charge in [0.1, 0.15) is 0 Å². The Morgan fingerprint density at radius 3 is 2.47 bits per heavy atom. The second kappa shape index (κ2) is 5.83. The fourth-order valence-corrected chi connectivity index (χ4v) is 2.56. The second-order valence-electron chi connectivity index (χ2n) is 5.53. The Morgan fingerprint density at radius 2 is 2.06 bits per heavy atom. The molecule has 4 nitrogen and oxygen atoms in total. The lowest BCUT2D eigenvalue weighted by molar-refractivity contribution is -0.132. The molecule has 0 aromatic carbocycles. The monoisotopic (exact) mass is 242 g/mol. The summed E-state index contributed by atoms with van der Waals surface area (Å²) in [4.78, 5) is 12.4. The summed E-state index contributed by atoms with van der Waals surface area (Å²) in [5.74, 6) is 0.0790. The minimum Gasteiger partial charge on any atom is -0.396 e. The number of aliphatic hydroxyl groups excluding tert-OH is 1. The molecule has 0 aromatic rings. The molecule has 0 aromatic heterocycles. The third-order valence-corrected chi connectivity index (χ3v) is 4.29. The van der Waals surface area contributed by atoms with Crippen LogP contribution >= 0.6 is 0 Å². The van der Waals surface area contributed by atoms with Crippen LogP contribution in [-0.2, 0) is 4.79 Å². The Balaban J connectivity index is 2.69. The highest BCUT2D eigenvalue weighted by Gasteiger charge is 2.41. The number of carbonyl (C=O) groups excluding carboxylic acids is 1. The number of nitrogens with two attached hydrogens (primary N) is 1. The molecule has 1 unspecified atom stereocenters. The number of rotatable bonds is 6. The van der Waals surface area contributed by atoms with Crippen LogP contribution in [0.5, 0.6) is 0 Å². The van der Waals surface area contributed by atoms with Crippen molar-refractivity contribution in [3.8, 4) is 0 Å². The van der Waals surface area contributed by atoms with Crippen molar-refractivity contribution in [1.82, 2.24) is 5.32 Å². The third-order valence-electron chi connectivity index (χ3n) is 4.29. The lowest BCUT2D eigenvalue weighted by atomic mass is 9.83. The lowest BCUT2D eigenvalue weighted by Crippen LogP contribution is -2.53. The molecule has 0 aliphatic heterocycles. The van der Waals surface area contributed by atoms with Crippen molar-refractivity contribution >= 4 is 5.91 Å². The highest BCUT2D eigenvalue weighted by atomic mass is 16.3. The van der Waals surface area contributed by atoms with Gasteiger partial charge >= 0.3 is 0 Å². The number of carbonyl (C=O) groups is 1. The summed E-state index contributed by atoms with van der Waals surface area (Å²) in [5, 5.41) is 12.2. The largest absolute Gasteiger partial charge is 0.396 e. The zero-order chi connectivity index (χ0) is 12.9. The van der Waals surface area contributed by atoms with Crippen molar-refractivity contribution in [1.29, 1.82) is 0 Å². The van der Waals surface area contributed by atoms with Crippen LogP contribution in [-0.4, -0.2) is 29.7 Å². The van der Waals surface area contributed by atoms with Crippen molar-refractivity contribution in [3.05, 3.63) is 0 Å². The molecule has 1 amide bonds. The van der Waals surface area contributed by atoms with Crippen LogP contribution in [0.2, 0.25) is 0 Å². The summed E-state index contributed by atoms with van der Waals surface area (Å²) >= 11 is 0. The van der Waals surface area contributed by atoms with Crippen LogP contribution in [0.1, 0.15) is 52.4 Å². The Hall–Kier alpha value is -0.610. The first-order valence-corrected chi connectivity index (χ1v) is 6.65. The van der Waals surface area contributed by atoms with E-state index in [1.165, 1.54) is 0 Å². The fraction of sp³-hybridized carbons (Fsp3) is 0.923. The maximum Gasteiger partial charge on any atom is 0.227 e. The Labute approximate surface area is 104 Å². The number of aliphatic hydroxyl groups is 1. The van der Waals surface area contributed by atoms with Crippen LogP contribution in [0.3, 0.4) is 0 Å². The van der Waals surface area contributed by atoms with Crippen molar-refractivity contribution in [3.63, 3.8) is 0 Å². The SMILES string of the molecule is CCC(C)(CCO)NC(=O)C1(CN)CCCC1. The average molecular weight is 242 g/mol. The minimum atomic E-state index is -0.355. The molecule has 1 rings (SSSR count). The van der Waals surface area contributed by atoms with E-state index in [-0.39, 0.29) is 23.5 Å². The van der Waals surface area contributed by atoms with E-state index in [1.807, 2.05) is 13.8 Å². The molecule has 0 spiro atoms. The van der Waals surface area contributed by atoms with Crippen molar-refractivity contribution in [2.75, 3.05) is 13.2 Å². The summed E-state index contributed by atoms with van der Waals surface area (Å²) in [5.41, 5.74) is 5.13. The summed E-state index contributed by atoms with van der Waals surface area (Å²) in [7, 11) is 0. The summed E-state index contributed by atoms with van der Waals surface area (Å²) in [6.45, 7) is 4.54. The predicted octanol–water partition coefficient (Wildman–Crippen LogP) is 1.17. The van der Waals surface area contributed by atoms with Crippen LogP contribution in [0, 0.1) is 5.41 Å². The molecule has 0 saturated heterocycles. The van der Waals surface area contributed by atoms with Gasteiger partial charge in [-0.2, -0.15) is 0 Å². The van der Waals surface area contributed by atoms with E-state index >= 15 is 0 Å². The molecule has 0 heterocycles. The van der Waals surface area contributed by atoms with E-state index in [9.17, 15) is 4.79 Å². The van der Waals surface area contributed by atoms with Gasteiger partial charge in [-0.05, 0) is 32.6 Å². The topological polar surface area (TPSA) is 75.3 Å². The quantitative estimate of drug-likeness (QED) is 0.654. The van der Waals surface area contributed by atoms with E-state index in [1.54, 1.807) is 0 Å². The molecule has 1 aliphatic rings. The first kappa shape index (κ1) is 14.5.